The summed E-state index contributed by atoms with van der Waals surface area (Å²) < 4.78 is 5.01. The Kier molecular flexibility index (Phi) is 6.65. The van der Waals surface area contributed by atoms with Gasteiger partial charge in [-0.05, 0) is 134 Å². The van der Waals surface area contributed by atoms with E-state index < -0.39 is 0 Å². The third-order valence-electron chi connectivity index (χ3n) is 10.8. The van der Waals surface area contributed by atoms with Gasteiger partial charge in [0.2, 0.25) is 0 Å². The van der Waals surface area contributed by atoms with E-state index in [2.05, 4.69) is 156 Å². The van der Waals surface area contributed by atoms with Crippen LogP contribution in [0.5, 0.6) is 0 Å². The van der Waals surface area contributed by atoms with Gasteiger partial charge in [0.15, 0.2) is 0 Å². The van der Waals surface area contributed by atoms with E-state index in [0.717, 1.165) is 25.7 Å². The summed E-state index contributed by atoms with van der Waals surface area (Å²) in [5.41, 5.74) is 15.6. The molecule has 0 aliphatic heterocycles. The predicted molar refractivity (Wildman–Crippen MR) is 203 cm³/mol. The number of benzene rings is 4. The Hall–Kier alpha value is -5.41. The first-order valence-corrected chi connectivity index (χ1v) is 17.2. The van der Waals surface area contributed by atoms with Crippen molar-refractivity contribution >= 4 is 44.5 Å². The number of para-hydroxylation sites is 1. The lowest BCUT2D eigenvalue weighted by atomic mass is 9.74. The van der Waals surface area contributed by atoms with E-state index >= 15 is 0 Å². The molecule has 3 nitrogen and oxygen atoms in total. The van der Waals surface area contributed by atoms with Crippen LogP contribution in [0.1, 0.15) is 47.7 Å². The number of allylic oxidation sites excluding steroid dienone is 5. The largest absolute Gasteiger partial charge is 0.313 e. The molecule has 7 aromatic rings. The van der Waals surface area contributed by atoms with E-state index in [4.69, 9.17) is 0 Å². The molecular weight excluding hydrogens is 583 g/mol. The van der Waals surface area contributed by atoms with Crippen LogP contribution in [0.2, 0.25) is 0 Å². The van der Waals surface area contributed by atoms with Crippen molar-refractivity contribution < 1.29 is 0 Å². The Morgan fingerprint density at radius 1 is 0.729 bits per heavy atom. The zero-order valence-corrected chi connectivity index (χ0v) is 27.9. The van der Waals surface area contributed by atoms with E-state index in [0.29, 0.717) is 0 Å². The molecule has 0 amide bonds. The van der Waals surface area contributed by atoms with Crippen molar-refractivity contribution in [1.82, 2.24) is 14.1 Å². The van der Waals surface area contributed by atoms with Crippen molar-refractivity contribution in [3.05, 3.63) is 156 Å². The van der Waals surface area contributed by atoms with Gasteiger partial charge in [0, 0.05) is 51.0 Å². The monoisotopic (exact) mass is 621 g/mol. The average molecular weight is 622 g/mol. The fraction of sp³-hybridized carbons (Fsp3) is 0.178. The SMILES string of the molecule is Cc1ccc2c(c1)c1cc(-c3ccncc3)ccc1n2-c1ccc(CC2(C)CC=CC=C2n2c3c(c4ccccc42)CCC=C3)c(C)c1. The number of hydrogen-bond donors (Lipinski definition) is 0. The molecule has 1 atom stereocenters. The molecule has 0 radical (unpaired) electrons. The molecule has 0 N–H and O–H groups in total. The van der Waals surface area contributed by atoms with Gasteiger partial charge in [-0.2, -0.15) is 0 Å². The summed E-state index contributed by atoms with van der Waals surface area (Å²) in [6.07, 6.45) is 19.6. The van der Waals surface area contributed by atoms with Crippen molar-refractivity contribution in [3.63, 3.8) is 0 Å². The maximum absolute atomic E-state index is 4.23. The number of rotatable bonds is 5. The molecule has 2 aliphatic carbocycles. The highest BCUT2D eigenvalue weighted by Crippen LogP contribution is 2.46. The number of pyridine rings is 1. The number of aromatic nitrogens is 3. The Morgan fingerprint density at radius 3 is 2.38 bits per heavy atom. The minimum absolute atomic E-state index is 0.0460. The summed E-state index contributed by atoms with van der Waals surface area (Å²) in [5, 5.41) is 3.96. The van der Waals surface area contributed by atoms with E-state index in [1.807, 2.05) is 12.4 Å². The highest BCUT2D eigenvalue weighted by atomic mass is 15.0. The smallest absolute Gasteiger partial charge is 0.0541 e. The Balaban J connectivity index is 1.13. The topological polar surface area (TPSA) is 22.8 Å². The number of nitrogens with zero attached hydrogens (tertiary/aromatic N) is 3. The third-order valence-corrected chi connectivity index (χ3v) is 10.8. The summed E-state index contributed by atoms with van der Waals surface area (Å²) in [5.74, 6) is 0. The maximum atomic E-state index is 4.23. The molecule has 0 saturated carbocycles. The van der Waals surface area contributed by atoms with Crippen molar-refractivity contribution in [2.24, 2.45) is 5.41 Å². The lowest BCUT2D eigenvalue weighted by Gasteiger charge is -2.36. The van der Waals surface area contributed by atoms with Crippen LogP contribution in [0.4, 0.5) is 0 Å². The van der Waals surface area contributed by atoms with Crippen molar-refractivity contribution in [3.8, 4) is 16.8 Å². The van der Waals surface area contributed by atoms with Crippen LogP contribution in [-0.4, -0.2) is 14.1 Å². The van der Waals surface area contributed by atoms with Gasteiger partial charge in [0.05, 0.1) is 16.6 Å². The fourth-order valence-electron chi connectivity index (χ4n) is 8.32. The fourth-order valence-corrected chi connectivity index (χ4v) is 8.32. The molecule has 48 heavy (non-hydrogen) atoms. The highest BCUT2D eigenvalue weighted by Gasteiger charge is 2.34. The molecule has 0 fully saturated rings. The molecular formula is C45H39N3. The van der Waals surface area contributed by atoms with Gasteiger partial charge in [-0.25, -0.2) is 0 Å². The Labute approximate surface area is 282 Å². The second kappa shape index (κ2) is 11.1. The summed E-state index contributed by atoms with van der Waals surface area (Å²) in [7, 11) is 0. The van der Waals surface area contributed by atoms with E-state index in [-0.39, 0.29) is 5.41 Å². The number of fused-ring (bicyclic) bond motifs is 6. The molecule has 234 valence electrons. The van der Waals surface area contributed by atoms with Crippen molar-refractivity contribution in [1.29, 1.82) is 0 Å². The zero-order chi connectivity index (χ0) is 32.4. The maximum Gasteiger partial charge on any atom is 0.0541 e. The zero-order valence-electron chi connectivity index (χ0n) is 27.9. The molecule has 3 heteroatoms. The minimum Gasteiger partial charge on any atom is -0.313 e. The molecule has 1 unspecified atom stereocenters. The van der Waals surface area contributed by atoms with Crippen LogP contribution in [0.3, 0.4) is 0 Å². The van der Waals surface area contributed by atoms with E-state index in [1.54, 1.807) is 0 Å². The van der Waals surface area contributed by atoms with Gasteiger partial charge in [-0.3, -0.25) is 4.98 Å². The lowest BCUT2D eigenvalue weighted by Crippen LogP contribution is -2.27. The highest BCUT2D eigenvalue weighted by molar-refractivity contribution is 6.10. The van der Waals surface area contributed by atoms with Crippen LogP contribution < -0.4 is 0 Å². The van der Waals surface area contributed by atoms with Gasteiger partial charge >= 0.3 is 0 Å². The molecule has 3 aromatic heterocycles. The van der Waals surface area contributed by atoms with Gasteiger partial charge in [-0.1, -0.05) is 67.1 Å². The van der Waals surface area contributed by atoms with Gasteiger partial charge in [0.1, 0.15) is 0 Å². The van der Waals surface area contributed by atoms with Crippen molar-refractivity contribution in [2.45, 2.75) is 46.5 Å². The second-order valence-corrected chi connectivity index (χ2v) is 14.0. The molecule has 0 spiro atoms. The standard InChI is InChI=1S/C45H39N3/c1-30-15-19-42-38(26-30)39-28-33(32-21-24-46-25-22-32)17-20-43(39)47(42)35-18-16-34(31(2)27-35)29-45(3)23-9-8-14-44(45)48-40-12-6-4-10-36(40)37-11-5-7-13-41(37)48/h4,6-10,12-22,24-28H,5,11,23,29H2,1-3H3. The van der Waals surface area contributed by atoms with Crippen LogP contribution >= 0.6 is 0 Å². The van der Waals surface area contributed by atoms with Crippen LogP contribution in [0.25, 0.3) is 61.3 Å². The Morgan fingerprint density at radius 2 is 1.52 bits per heavy atom. The lowest BCUT2D eigenvalue weighted by molar-refractivity contribution is 0.428. The summed E-state index contributed by atoms with van der Waals surface area (Å²) in [4.78, 5) is 4.23. The average Bonchev–Trinajstić information content (AvgIpc) is 3.62. The van der Waals surface area contributed by atoms with Gasteiger partial charge in [0.25, 0.3) is 0 Å². The summed E-state index contributed by atoms with van der Waals surface area (Å²) in [6, 6.07) is 34.0. The summed E-state index contributed by atoms with van der Waals surface area (Å²) >= 11 is 0. The first-order valence-electron chi connectivity index (χ1n) is 17.2. The molecule has 9 rings (SSSR count). The Bertz CT molecular complexity index is 2480. The van der Waals surface area contributed by atoms with Crippen molar-refractivity contribution in [2.75, 3.05) is 0 Å². The quantitative estimate of drug-likeness (QED) is 0.187. The second-order valence-electron chi connectivity index (χ2n) is 14.0. The van der Waals surface area contributed by atoms with Gasteiger partial charge in [-0.15, -0.1) is 0 Å². The molecule has 0 saturated heterocycles. The first kappa shape index (κ1) is 28.8. The molecule has 3 heterocycles. The molecule has 2 aliphatic rings. The van der Waals surface area contributed by atoms with Crippen LogP contribution in [0, 0.1) is 19.3 Å². The third kappa shape index (κ3) is 4.52. The first-order chi connectivity index (χ1) is 23.5. The number of hydrogen-bond acceptors (Lipinski definition) is 1. The van der Waals surface area contributed by atoms with Gasteiger partial charge < -0.3 is 9.13 Å². The van der Waals surface area contributed by atoms with Crippen LogP contribution in [-0.2, 0) is 12.8 Å². The predicted octanol–water partition coefficient (Wildman–Crippen LogP) is 11.4. The van der Waals surface area contributed by atoms with E-state index in [1.165, 1.54) is 83.2 Å². The molecule has 4 aromatic carbocycles. The number of aryl methyl sites for hydroxylation is 3. The van der Waals surface area contributed by atoms with E-state index in [9.17, 15) is 0 Å². The normalized spacial score (nSPS) is 17.4. The minimum atomic E-state index is -0.0460. The molecule has 0 bridgehead atoms. The van der Waals surface area contributed by atoms with Crippen LogP contribution in [0.15, 0.2) is 128 Å². The summed E-state index contributed by atoms with van der Waals surface area (Å²) in [6.45, 7) is 6.93.